The SMILES string of the molecule is [CH2]Cc1ccc(OC/C=C/C)c(OC/C=C/C)c1. The highest BCUT2D eigenvalue weighted by Crippen LogP contribution is 2.28. The Morgan fingerprint density at radius 1 is 1.00 bits per heavy atom. The van der Waals surface area contributed by atoms with E-state index in [1.54, 1.807) is 0 Å². The molecule has 18 heavy (non-hydrogen) atoms. The zero-order valence-electron chi connectivity index (χ0n) is 11.2. The minimum absolute atomic E-state index is 0.553. The summed E-state index contributed by atoms with van der Waals surface area (Å²) in [6.45, 7) is 8.93. The minimum atomic E-state index is 0.553. The van der Waals surface area contributed by atoms with E-state index in [0.717, 1.165) is 23.5 Å². The predicted octanol–water partition coefficient (Wildman–Crippen LogP) is 3.97. The summed E-state index contributed by atoms with van der Waals surface area (Å²) in [4.78, 5) is 0. The maximum atomic E-state index is 5.69. The molecule has 0 bridgehead atoms. The Morgan fingerprint density at radius 2 is 1.61 bits per heavy atom. The molecule has 0 aromatic heterocycles. The molecular formula is C16H21O2. The molecule has 0 aliphatic carbocycles. The molecule has 0 saturated heterocycles. The normalized spacial score (nSPS) is 11.3. The van der Waals surface area contributed by atoms with Crippen LogP contribution in [0.5, 0.6) is 11.5 Å². The van der Waals surface area contributed by atoms with Crippen molar-refractivity contribution >= 4 is 0 Å². The number of hydrogen-bond donors (Lipinski definition) is 0. The fourth-order valence-electron chi connectivity index (χ4n) is 1.41. The standard InChI is InChI=1S/C16H21O2/c1-4-7-11-17-15-10-9-14(6-3)13-16(15)18-12-8-5-2/h4-5,7-10,13H,3,6,11-12H2,1-2H3/b7-4+,8-5+. The molecule has 0 unspecified atom stereocenters. The van der Waals surface area contributed by atoms with Crippen LogP contribution in [0.2, 0.25) is 0 Å². The molecule has 1 aromatic rings. The summed E-state index contributed by atoms with van der Waals surface area (Å²) < 4.78 is 11.3. The van der Waals surface area contributed by atoms with E-state index in [9.17, 15) is 0 Å². The molecule has 97 valence electrons. The summed E-state index contributed by atoms with van der Waals surface area (Å²) in [6.07, 6.45) is 8.60. The van der Waals surface area contributed by atoms with Crippen molar-refractivity contribution in [2.75, 3.05) is 13.2 Å². The van der Waals surface area contributed by atoms with Crippen molar-refractivity contribution < 1.29 is 9.47 Å². The average molecular weight is 245 g/mol. The van der Waals surface area contributed by atoms with E-state index in [1.165, 1.54) is 0 Å². The first-order valence-electron chi connectivity index (χ1n) is 6.22. The highest BCUT2D eigenvalue weighted by atomic mass is 16.5. The molecule has 0 N–H and O–H groups in total. The number of allylic oxidation sites excluding steroid dienone is 2. The monoisotopic (exact) mass is 245 g/mol. The first-order chi connectivity index (χ1) is 8.81. The van der Waals surface area contributed by atoms with Gasteiger partial charge in [-0.3, -0.25) is 0 Å². The first-order valence-corrected chi connectivity index (χ1v) is 6.22. The van der Waals surface area contributed by atoms with E-state index < -0.39 is 0 Å². The number of hydrogen-bond acceptors (Lipinski definition) is 2. The number of benzene rings is 1. The summed E-state index contributed by atoms with van der Waals surface area (Å²) in [7, 11) is 0. The lowest BCUT2D eigenvalue weighted by Crippen LogP contribution is -2.00. The molecule has 1 aromatic carbocycles. The first kappa shape index (κ1) is 14.4. The predicted molar refractivity (Wildman–Crippen MR) is 76.1 cm³/mol. The van der Waals surface area contributed by atoms with E-state index in [1.807, 2.05) is 56.4 Å². The van der Waals surface area contributed by atoms with Crippen LogP contribution in [0.3, 0.4) is 0 Å². The van der Waals surface area contributed by atoms with Gasteiger partial charge in [-0.15, -0.1) is 0 Å². The quantitative estimate of drug-likeness (QED) is 0.677. The van der Waals surface area contributed by atoms with Crippen molar-refractivity contribution in [1.82, 2.24) is 0 Å². The zero-order chi connectivity index (χ0) is 13.2. The molecule has 2 nitrogen and oxygen atoms in total. The molecule has 0 heterocycles. The second-order valence-electron chi connectivity index (χ2n) is 3.79. The van der Waals surface area contributed by atoms with Gasteiger partial charge in [0.2, 0.25) is 0 Å². The topological polar surface area (TPSA) is 18.5 Å². The van der Waals surface area contributed by atoms with E-state index in [2.05, 4.69) is 6.92 Å². The third-order valence-electron chi connectivity index (χ3n) is 2.44. The Labute approximate surface area is 110 Å². The summed E-state index contributed by atoms with van der Waals surface area (Å²) in [5.74, 6) is 1.55. The maximum Gasteiger partial charge on any atom is 0.161 e. The lowest BCUT2D eigenvalue weighted by molar-refractivity contribution is 0.307. The molecule has 1 rings (SSSR count). The van der Waals surface area contributed by atoms with Crippen LogP contribution >= 0.6 is 0 Å². The van der Waals surface area contributed by atoms with E-state index >= 15 is 0 Å². The van der Waals surface area contributed by atoms with Gasteiger partial charge in [-0.1, -0.05) is 30.4 Å². The fourth-order valence-corrected chi connectivity index (χ4v) is 1.41. The number of ether oxygens (including phenoxy) is 2. The summed E-state index contributed by atoms with van der Waals surface area (Å²) >= 11 is 0. The van der Waals surface area contributed by atoms with Crippen molar-refractivity contribution in [3.8, 4) is 11.5 Å². The van der Waals surface area contributed by atoms with Crippen molar-refractivity contribution in [2.24, 2.45) is 0 Å². The second kappa shape index (κ2) is 8.40. The molecule has 0 atom stereocenters. The summed E-state index contributed by atoms with van der Waals surface area (Å²) in [6, 6.07) is 5.94. The van der Waals surface area contributed by atoms with Crippen LogP contribution in [0.25, 0.3) is 0 Å². The van der Waals surface area contributed by atoms with Gasteiger partial charge >= 0.3 is 0 Å². The van der Waals surface area contributed by atoms with Crippen molar-refractivity contribution in [1.29, 1.82) is 0 Å². The average Bonchev–Trinajstić information content (AvgIpc) is 2.40. The largest absolute Gasteiger partial charge is 0.486 e. The van der Waals surface area contributed by atoms with E-state index in [4.69, 9.17) is 9.47 Å². The second-order valence-corrected chi connectivity index (χ2v) is 3.79. The van der Waals surface area contributed by atoms with Gasteiger partial charge in [-0.25, -0.2) is 0 Å². The third-order valence-corrected chi connectivity index (χ3v) is 2.44. The lowest BCUT2D eigenvalue weighted by Gasteiger charge is -2.12. The van der Waals surface area contributed by atoms with E-state index in [-0.39, 0.29) is 0 Å². The molecule has 0 fully saturated rings. The molecule has 0 aliphatic heterocycles. The van der Waals surface area contributed by atoms with E-state index in [0.29, 0.717) is 13.2 Å². The van der Waals surface area contributed by atoms with Gasteiger partial charge in [0.25, 0.3) is 0 Å². The molecule has 1 radical (unpaired) electrons. The van der Waals surface area contributed by atoms with Crippen LogP contribution in [0.1, 0.15) is 19.4 Å². The molecule has 2 heteroatoms. The van der Waals surface area contributed by atoms with Gasteiger partial charge in [0.1, 0.15) is 13.2 Å². The smallest absolute Gasteiger partial charge is 0.161 e. The Hall–Kier alpha value is -1.70. The minimum Gasteiger partial charge on any atom is -0.486 e. The van der Waals surface area contributed by atoms with Gasteiger partial charge in [0, 0.05) is 0 Å². The van der Waals surface area contributed by atoms with Crippen molar-refractivity contribution in [3.05, 3.63) is 55.0 Å². The zero-order valence-corrected chi connectivity index (χ0v) is 11.2. The van der Waals surface area contributed by atoms with Gasteiger partial charge in [0.05, 0.1) is 0 Å². The Bertz CT molecular complexity index is 406. The van der Waals surface area contributed by atoms with Gasteiger partial charge < -0.3 is 9.47 Å². The molecule has 0 amide bonds. The van der Waals surface area contributed by atoms with Crippen LogP contribution in [0, 0.1) is 6.92 Å². The summed E-state index contributed by atoms with van der Waals surface area (Å²) in [5, 5.41) is 0. The van der Waals surface area contributed by atoms with Crippen LogP contribution in [0.15, 0.2) is 42.5 Å². The third kappa shape index (κ3) is 4.66. The fraction of sp³-hybridized carbons (Fsp3) is 0.312. The van der Waals surface area contributed by atoms with Crippen LogP contribution in [0.4, 0.5) is 0 Å². The van der Waals surface area contributed by atoms with Gasteiger partial charge in [-0.2, -0.15) is 0 Å². The maximum absolute atomic E-state index is 5.69. The lowest BCUT2D eigenvalue weighted by atomic mass is 10.1. The molecule has 0 aliphatic rings. The summed E-state index contributed by atoms with van der Waals surface area (Å²) in [5.41, 5.74) is 1.14. The Kier molecular flexibility index (Phi) is 6.70. The highest BCUT2D eigenvalue weighted by Gasteiger charge is 2.05. The molecular weight excluding hydrogens is 224 g/mol. The molecule has 0 saturated carbocycles. The highest BCUT2D eigenvalue weighted by molar-refractivity contribution is 5.43. The van der Waals surface area contributed by atoms with Crippen molar-refractivity contribution in [3.63, 3.8) is 0 Å². The number of rotatable bonds is 7. The van der Waals surface area contributed by atoms with Gasteiger partial charge in [-0.05, 0) is 44.9 Å². The van der Waals surface area contributed by atoms with Crippen LogP contribution in [-0.2, 0) is 6.42 Å². The van der Waals surface area contributed by atoms with Crippen LogP contribution < -0.4 is 9.47 Å². The van der Waals surface area contributed by atoms with Gasteiger partial charge in [0.15, 0.2) is 11.5 Å². The Morgan fingerprint density at radius 3 is 2.17 bits per heavy atom. The van der Waals surface area contributed by atoms with Crippen LogP contribution in [-0.4, -0.2) is 13.2 Å². The molecule has 0 spiro atoms. The Balaban J connectivity index is 2.78. The van der Waals surface area contributed by atoms with Crippen molar-refractivity contribution in [2.45, 2.75) is 20.3 Å².